The minimum Gasteiger partial charge on any atom is -0.354 e. The number of carbonyl (C=O) groups excluding carboxylic acids is 1. The van der Waals surface area contributed by atoms with Gasteiger partial charge in [0.05, 0.1) is 18.5 Å². The van der Waals surface area contributed by atoms with Crippen molar-refractivity contribution in [1.29, 1.82) is 5.26 Å². The Hall–Kier alpha value is -1.08. The van der Waals surface area contributed by atoms with Crippen LogP contribution in [-0.2, 0) is 4.79 Å². The topological polar surface area (TPSA) is 78.9 Å². The molecule has 0 aromatic rings. The van der Waals surface area contributed by atoms with Crippen LogP contribution in [0.15, 0.2) is 0 Å². The first-order valence-electron chi connectivity index (χ1n) is 4.12. The highest BCUT2D eigenvalue weighted by Gasteiger charge is 2.10. The van der Waals surface area contributed by atoms with Crippen molar-refractivity contribution in [2.45, 2.75) is 32.2 Å². The molecule has 0 unspecified atom stereocenters. The van der Waals surface area contributed by atoms with Crippen molar-refractivity contribution in [3.63, 3.8) is 0 Å². The zero-order chi connectivity index (χ0) is 9.40. The third kappa shape index (κ3) is 4.69. The van der Waals surface area contributed by atoms with Crippen molar-refractivity contribution in [1.82, 2.24) is 5.32 Å². The lowest BCUT2D eigenvalue weighted by Gasteiger charge is -2.09. The summed E-state index contributed by atoms with van der Waals surface area (Å²) < 4.78 is 0. The van der Waals surface area contributed by atoms with Gasteiger partial charge in [0, 0.05) is 6.54 Å². The number of nitrogens with one attached hydrogen (secondary N) is 1. The first-order chi connectivity index (χ1) is 5.72. The summed E-state index contributed by atoms with van der Waals surface area (Å²) in [6, 6.07) is 1.52. The maximum Gasteiger partial charge on any atom is 0.236 e. The second kappa shape index (κ2) is 6.62. The molecule has 0 fully saturated rings. The summed E-state index contributed by atoms with van der Waals surface area (Å²) in [6.07, 6.45) is 1.93. The van der Waals surface area contributed by atoms with Crippen molar-refractivity contribution in [2.75, 3.05) is 6.54 Å². The first-order valence-corrected chi connectivity index (χ1v) is 4.12. The second-order valence-electron chi connectivity index (χ2n) is 2.59. The molecule has 0 saturated heterocycles. The van der Waals surface area contributed by atoms with Crippen molar-refractivity contribution in [2.24, 2.45) is 5.73 Å². The summed E-state index contributed by atoms with van der Waals surface area (Å²) in [5, 5.41) is 10.8. The fraction of sp³-hybridized carbons (Fsp3) is 0.750. The molecule has 0 aliphatic rings. The Balaban J connectivity index is 3.51. The standard InChI is InChI=1S/C8H15N3O/c1-2-4-7(10)8(12)11-6-3-5-9/h7H,2-4,6,10H2,1H3,(H,11,12)/t7-/m0/s1. The van der Waals surface area contributed by atoms with Crippen molar-refractivity contribution in [3.05, 3.63) is 0 Å². The van der Waals surface area contributed by atoms with Crippen molar-refractivity contribution < 1.29 is 4.79 Å². The van der Waals surface area contributed by atoms with Crippen molar-refractivity contribution in [3.8, 4) is 6.07 Å². The third-order valence-corrected chi connectivity index (χ3v) is 1.47. The molecule has 1 amide bonds. The number of nitrogens with two attached hydrogens (primary N) is 1. The van der Waals surface area contributed by atoms with Gasteiger partial charge in [-0.05, 0) is 6.42 Å². The highest BCUT2D eigenvalue weighted by atomic mass is 16.2. The number of amides is 1. The molecule has 12 heavy (non-hydrogen) atoms. The van der Waals surface area contributed by atoms with Crippen LogP contribution in [0.4, 0.5) is 0 Å². The normalized spacial score (nSPS) is 11.8. The molecule has 0 aliphatic carbocycles. The molecule has 4 nitrogen and oxygen atoms in total. The molecule has 0 heterocycles. The quantitative estimate of drug-likeness (QED) is 0.575. The first kappa shape index (κ1) is 10.9. The number of nitriles is 1. The summed E-state index contributed by atoms with van der Waals surface area (Å²) in [7, 11) is 0. The zero-order valence-electron chi connectivity index (χ0n) is 7.34. The molecule has 0 aromatic carbocycles. The highest BCUT2D eigenvalue weighted by molar-refractivity contribution is 5.81. The van der Waals surface area contributed by atoms with E-state index in [9.17, 15) is 4.79 Å². The Kier molecular flexibility index (Phi) is 6.02. The lowest BCUT2D eigenvalue weighted by atomic mass is 10.2. The molecule has 0 bridgehead atoms. The van der Waals surface area contributed by atoms with Gasteiger partial charge >= 0.3 is 0 Å². The SMILES string of the molecule is CCC[C@H](N)C(=O)NCCC#N. The van der Waals surface area contributed by atoms with Gasteiger partial charge in [0.2, 0.25) is 5.91 Å². The summed E-state index contributed by atoms with van der Waals surface area (Å²) >= 11 is 0. The fourth-order valence-electron chi connectivity index (χ4n) is 0.815. The minimum atomic E-state index is -0.423. The Morgan fingerprint density at radius 1 is 1.75 bits per heavy atom. The van der Waals surface area contributed by atoms with Crippen LogP contribution in [-0.4, -0.2) is 18.5 Å². The number of nitrogens with zero attached hydrogens (tertiary/aromatic N) is 1. The van der Waals surface area contributed by atoms with E-state index in [0.717, 1.165) is 6.42 Å². The maximum atomic E-state index is 11.1. The van der Waals surface area contributed by atoms with Gasteiger partial charge in [-0.3, -0.25) is 4.79 Å². The van der Waals surface area contributed by atoms with Gasteiger partial charge in [-0.15, -0.1) is 0 Å². The number of carbonyl (C=O) groups is 1. The molecule has 0 saturated carbocycles. The summed E-state index contributed by atoms with van der Waals surface area (Å²) in [5.41, 5.74) is 5.52. The Morgan fingerprint density at radius 3 is 2.92 bits per heavy atom. The van der Waals surface area contributed by atoms with E-state index in [1.165, 1.54) is 0 Å². The molecule has 4 heteroatoms. The average Bonchev–Trinajstić information content (AvgIpc) is 2.05. The molecule has 1 atom stereocenters. The molecule has 68 valence electrons. The van der Waals surface area contributed by atoms with Crippen LogP contribution >= 0.6 is 0 Å². The fourth-order valence-corrected chi connectivity index (χ4v) is 0.815. The van der Waals surface area contributed by atoms with Gasteiger partial charge in [0.1, 0.15) is 0 Å². The van der Waals surface area contributed by atoms with Crippen LogP contribution in [0.2, 0.25) is 0 Å². The molecular formula is C8H15N3O. The summed E-state index contributed by atoms with van der Waals surface area (Å²) in [5.74, 6) is -0.160. The Morgan fingerprint density at radius 2 is 2.42 bits per heavy atom. The van der Waals surface area contributed by atoms with Gasteiger partial charge in [-0.1, -0.05) is 13.3 Å². The molecule has 0 rings (SSSR count). The van der Waals surface area contributed by atoms with E-state index in [-0.39, 0.29) is 5.91 Å². The maximum absolute atomic E-state index is 11.1. The predicted molar refractivity (Wildman–Crippen MR) is 46.1 cm³/mol. The highest BCUT2D eigenvalue weighted by Crippen LogP contribution is 1.92. The van der Waals surface area contributed by atoms with E-state index < -0.39 is 6.04 Å². The zero-order valence-corrected chi connectivity index (χ0v) is 7.34. The Bertz CT molecular complexity index is 174. The number of rotatable bonds is 5. The lowest BCUT2D eigenvalue weighted by Crippen LogP contribution is -2.40. The molecular weight excluding hydrogens is 154 g/mol. The van der Waals surface area contributed by atoms with E-state index in [2.05, 4.69) is 5.32 Å². The smallest absolute Gasteiger partial charge is 0.236 e. The second-order valence-corrected chi connectivity index (χ2v) is 2.59. The van der Waals surface area contributed by atoms with Gasteiger partial charge < -0.3 is 11.1 Å². The van der Waals surface area contributed by atoms with Crippen LogP contribution in [0.3, 0.4) is 0 Å². The molecule has 0 radical (unpaired) electrons. The molecule has 0 aliphatic heterocycles. The molecule has 0 aromatic heterocycles. The average molecular weight is 169 g/mol. The van der Waals surface area contributed by atoms with Gasteiger partial charge in [0.25, 0.3) is 0 Å². The van der Waals surface area contributed by atoms with Crippen LogP contribution < -0.4 is 11.1 Å². The van der Waals surface area contributed by atoms with Crippen LogP contribution in [0.5, 0.6) is 0 Å². The van der Waals surface area contributed by atoms with Gasteiger partial charge in [-0.25, -0.2) is 0 Å². The van der Waals surface area contributed by atoms with E-state index in [0.29, 0.717) is 19.4 Å². The predicted octanol–water partition coefficient (Wildman–Crippen LogP) is 0.144. The third-order valence-electron chi connectivity index (χ3n) is 1.47. The van der Waals surface area contributed by atoms with Crippen LogP contribution in [0.25, 0.3) is 0 Å². The summed E-state index contributed by atoms with van der Waals surface area (Å²) in [4.78, 5) is 11.1. The van der Waals surface area contributed by atoms with Gasteiger partial charge in [0.15, 0.2) is 0 Å². The number of hydrogen-bond acceptors (Lipinski definition) is 3. The van der Waals surface area contributed by atoms with Crippen LogP contribution in [0.1, 0.15) is 26.2 Å². The van der Waals surface area contributed by atoms with E-state index >= 15 is 0 Å². The van der Waals surface area contributed by atoms with Crippen LogP contribution in [0, 0.1) is 11.3 Å². The van der Waals surface area contributed by atoms with E-state index in [1.54, 1.807) is 0 Å². The lowest BCUT2D eigenvalue weighted by molar-refractivity contribution is -0.122. The number of hydrogen-bond donors (Lipinski definition) is 2. The minimum absolute atomic E-state index is 0.160. The molecule has 3 N–H and O–H groups in total. The van der Waals surface area contributed by atoms with E-state index in [1.807, 2.05) is 13.0 Å². The summed E-state index contributed by atoms with van der Waals surface area (Å²) in [6.45, 7) is 2.37. The monoisotopic (exact) mass is 169 g/mol. The van der Waals surface area contributed by atoms with Gasteiger partial charge in [-0.2, -0.15) is 5.26 Å². The molecule has 0 spiro atoms. The largest absolute Gasteiger partial charge is 0.354 e. The van der Waals surface area contributed by atoms with E-state index in [4.69, 9.17) is 11.0 Å². The van der Waals surface area contributed by atoms with Crippen molar-refractivity contribution >= 4 is 5.91 Å². The Labute approximate surface area is 72.7 Å².